The first-order chi connectivity index (χ1) is 8.33. The van der Waals surface area contributed by atoms with Gasteiger partial charge in [-0.05, 0) is 36.3 Å². The Bertz CT molecular complexity index is 385. The smallest absolute Gasteiger partial charge is 0.00698 e. The second-order valence-corrected chi connectivity index (χ2v) is 5.98. The van der Waals surface area contributed by atoms with Gasteiger partial charge in [0.2, 0.25) is 0 Å². The molecule has 1 saturated carbocycles. The van der Waals surface area contributed by atoms with Crippen molar-refractivity contribution in [2.24, 2.45) is 5.92 Å². The predicted octanol–water partition coefficient (Wildman–Crippen LogP) is 3.49. The molecular weight excluding hydrogens is 206 g/mol. The molecule has 1 N–H and O–H groups in total. The second kappa shape index (κ2) is 4.81. The zero-order chi connectivity index (χ0) is 11.7. The van der Waals surface area contributed by atoms with E-state index >= 15 is 0 Å². The summed E-state index contributed by atoms with van der Waals surface area (Å²) in [5, 5.41) is 3.79. The van der Waals surface area contributed by atoms with Gasteiger partial charge in [0.15, 0.2) is 0 Å². The van der Waals surface area contributed by atoms with Crippen molar-refractivity contribution in [1.29, 1.82) is 0 Å². The van der Waals surface area contributed by atoms with Crippen molar-refractivity contribution < 1.29 is 0 Å². The van der Waals surface area contributed by atoms with Crippen LogP contribution in [0.5, 0.6) is 0 Å². The van der Waals surface area contributed by atoms with E-state index in [4.69, 9.17) is 0 Å². The van der Waals surface area contributed by atoms with Crippen LogP contribution in [0.3, 0.4) is 0 Å². The molecule has 0 radical (unpaired) electrons. The minimum atomic E-state index is 0.781. The lowest BCUT2D eigenvalue weighted by Gasteiger charge is -2.34. The minimum absolute atomic E-state index is 0.781. The van der Waals surface area contributed by atoms with E-state index in [1.807, 2.05) is 0 Å². The molecule has 92 valence electrons. The van der Waals surface area contributed by atoms with E-state index in [1.54, 1.807) is 11.1 Å². The average molecular weight is 229 g/mol. The molecule has 1 nitrogen and oxygen atoms in total. The topological polar surface area (TPSA) is 12.0 Å². The Morgan fingerprint density at radius 1 is 1.24 bits per heavy atom. The van der Waals surface area contributed by atoms with Gasteiger partial charge in [0.1, 0.15) is 0 Å². The van der Waals surface area contributed by atoms with Crippen LogP contribution in [0.2, 0.25) is 0 Å². The first kappa shape index (κ1) is 11.3. The molecule has 0 aromatic heterocycles. The highest BCUT2D eigenvalue weighted by Crippen LogP contribution is 2.34. The van der Waals surface area contributed by atoms with Gasteiger partial charge < -0.3 is 5.32 Å². The van der Waals surface area contributed by atoms with Gasteiger partial charge in [-0.25, -0.2) is 0 Å². The van der Waals surface area contributed by atoms with Crippen LogP contribution in [0.25, 0.3) is 0 Å². The summed E-state index contributed by atoms with van der Waals surface area (Å²) in [6.45, 7) is 3.58. The minimum Gasteiger partial charge on any atom is -0.313 e. The van der Waals surface area contributed by atoms with E-state index in [2.05, 4.69) is 36.5 Å². The number of fused-ring (bicyclic) bond motifs is 1. The summed E-state index contributed by atoms with van der Waals surface area (Å²) in [4.78, 5) is 0. The summed E-state index contributed by atoms with van der Waals surface area (Å²) in [6.07, 6.45) is 6.91. The third-order valence-corrected chi connectivity index (χ3v) is 4.55. The monoisotopic (exact) mass is 229 g/mol. The molecule has 0 aliphatic heterocycles. The Morgan fingerprint density at radius 2 is 2.12 bits per heavy atom. The molecule has 1 aromatic carbocycles. The maximum atomic E-state index is 3.79. The fourth-order valence-corrected chi connectivity index (χ4v) is 3.47. The number of benzene rings is 1. The Morgan fingerprint density at radius 3 is 2.94 bits per heavy atom. The van der Waals surface area contributed by atoms with Crippen LogP contribution in [0.1, 0.15) is 49.7 Å². The van der Waals surface area contributed by atoms with Crippen LogP contribution in [-0.2, 0) is 6.42 Å². The Hall–Kier alpha value is -0.820. The number of hydrogen-bond acceptors (Lipinski definition) is 1. The average Bonchev–Trinajstić information content (AvgIpc) is 2.30. The standard InChI is InChI=1S/C16H23N/c1-12-5-4-7-15(9-12)17-11-14-10-13-6-2-3-8-16(13)14/h2-3,6,8,12,14-15,17H,4-5,7,9-11H2,1H3. The van der Waals surface area contributed by atoms with Gasteiger partial charge in [-0.15, -0.1) is 0 Å². The highest BCUT2D eigenvalue weighted by atomic mass is 14.9. The van der Waals surface area contributed by atoms with Crippen molar-refractivity contribution in [2.45, 2.75) is 51.0 Å². The zero-order valence-electron chi connectivity index (χ0n) is 10.8. The van der Waals surface area contributed by atoms with Crippen molar-refractivity contribution in [3.8, 4) is 0 Å². The van der Waals surface area contributed by atoms with E-state index in [9.17, 15) is 0 Å². The fraction of sp³-hybridized carbons (Fsp3) is 0.625. The summed E-state index contributed by atoms with van der Waals surface area (Å²) in [5.74, 6) is 1.71. The highest BCUT2D eigenvalue weighted by molar-refractivity contribution is 5.40. The normalized spacial score (nSPS) is 31.7. The molecule has 3 unspecified atom stereocenters. The molecule has 1 fully saturated rings. The molecule has 17 heavy (non-hydrogen) atoms. The second-order valence-electron chi connectivity index (χ2n) is 5.98. The molecule has 0 spiro atoms. The summed E-state index contributed by atoms with van der Waals surface area (Å²) >= 11 is 0. The molecule has 3 atom stereocenters. The van der Waals surface area contributed by atoms with E-state index in [0.717, 1.165) is 17.9 Å². The molecule has 1 heteroatoms. The number of hydrogen-bond donors (Lipinski definition) is 1. The molecule has 0 bridgehead atoms. The fourth-order valence-electron chi connectivity index (χ4n) is 3.47. The van der Waals surface area contributed by atoms with E-state index in [0.29, 0.717) is 0 Å². The van der Waals surface area contributed by atoms with Crippen molar-refractivity contribution in [3.63, 3.8) is 0 Å². The Kier molecular flexibility index (Phi) is 3.19. The first-order valence-electron chi connectivity index (χ1n) is 7.14. The summed E-state index contributed by atoms with van der Waals surface area (Å²) in [6, 6.07) is 9.69. The van der Waals surface area contributed by atoms with Gasteiger partial charge in [-0.1, -0.05) is 44.0 Å². The molecule has 0 amide bonds. The molecule has 3 rings (SSSR count). The van der Waals surface area contributed by atoms with Gasteiger partial charge in [0.05, 0.1) is 0 Å². The van der Waals surface area contributed by atoms with Gasteiger partial charge in [-0.3, -0.25) is 0 Å². The SMILES string of the molecule is CC1CCCC(NCC2Cc3ccccc32)C1. The zero-order valence-corrected chi connectivity index (χ0v) is 10.8. The lowest BCUT2D eigenvalue weighted by Crippen LogP contribution is -2.38. The van der Waals surface area contributed by atoms with Crippen molar-refractivity contribution >= 4 is 0 Å². The molecule has 2 aliphatic carbocycles. The first-order valence-corrected chi connectivity index (χ1v) is 7.14. The van der Waals surface area contributed by atoms with Crippen LogP contribution in [-0.4, -0.2) is 12.6 Å². The van der Waals surface area contributed by atoms with E-state index in [-0.39, 0.29) is 0 Å². The van der Waals surface area contributed by atoms with E-state index in [1.165, 1.54) is 38.6 Å². The molecule has 2 aliphatic rings. The maximum Gasteiger partial charge on any atom is 0.00698 e. The quantitative estimate of drug-likeness (QED) is 0.836. The molecule has 1 aromatic rings. The lowest BCUT2D eigenvalue weighted by atomic mass is 9.77. The molecule has 0 heterocycles. The Balaban J connectivity index is 1.50. The van der Waals surface area contributed by atoms with Crippen molar-refractivity contribution in [2.75, 3.05) is 6.54 Å². The van der Waals surface area contributed by atoms with Crippen LogP contribution in [0.15, 0.2) is 24.3 Å². The lowest BCUT2D eigenvalue weighted by molar-refractivity contribution is 0.295. The third-order valence-electron chi connectivity index (χ3n) is 4.55. The van der Waals surface area contributed by atoms with Gasteiger partial charge in [0.25, 0.3) is 0 Å². The van der Waals surface area contributed by atoms with Crippen molar-refractivity contribution in [3.05, 3.63) is 35.4 Å². The maximum absolute atomic E-state index is 3.79. The van der Waals surface area contributed by atoms with Crippen molar-refractivity contribution in [1.82, 2.24) is 5.32 Å². The summed E-state index contributed by atoms with van der Waals surface area (Å²) < 4.78 is 0. The number of nitrogens with one attached hydrogen (secondary N) is 1. The molecular formula is C16H23N. The highest BCUT2D eigenvalue weighted by Gasteiger charge is 2.26. The largest absolute Gasteiger partial charge is 0.313 e. The summed E-state index contributed by atoms with van der Waals surface area (Å²) in [7, 11) is 0. The Labute approximate surface area is 105 Å². The number of rotatable bonds is 3. The van der Waals surface area contributed by atoms with Crippen LogP contribution in [0, 0.1) is 5.92 Å². The van der Waals surface area contributed by atoms with Gasteiger partial charge >= 0.3 is 0 Å². The van der Waals surface area contributed by atoms with Crippen LogP contribution < -0.4 is 5.32 Å². The van der Waals surface area contributed by atoms with Gasteiger partial charge in [-0.2, -0.15) is 0 Å². The predicted molar refractivity (Wildman–Crippen MR) is 72.3 cm³/mol. The summed E-state index contributed by atoms with van der Waals surface area (Å²) in [5.41, 5.74) is 3.15. The van der Waals surface area contributed by atoms with E-state index < -0.39 is 0 Å². The molecule has 0 saturated heterocycles. The van der Waals surface area contributed by atoms with Crippen LogP contribution in [0.4, 0.5) is 0 Å². The van der Waals surface area contributed by atoms with Crippen LogP contribution >= 0.6 is 0 Å². The third kappa shape index (κ3) is 2.40. The van der Waals surface area contributed by atoms with Gasteiger partial charge in [0, 0.05) is 18.5 Å².